The number of amides is 2. The van der Waals surface area contributed by atoms with Gasteiger partial charge in [-0.1, -0.05) is 19.8 Å². The van der Waals surface area contributed by atoms with Crippen LogP contribution >= 0.6 is 0 Å². The summed E-state index contributed by atoms with van der Waals surface area (Å²) in [5.74, 6) is -1.36. The summed E-state index contributed by atoms with van der Waals surface area (Å²) in [4.78, 5) is 26.7. The van der Waals surface area contributed by atoms with Gasteiger partial charge < -0.3 is 14.9 Å². The van der Waals surface area contributed by atoms with Gasteiger partial charge in [0.25, 0.3) is 0 Å². The summed E-state index contributed by atoms with van der Waals surface area (Å²) in [6.07, 6.45) is 4.47. The minimum Gasteiger partial charge on any atom is -0.481 e. The van der Waals surface area contributed by atoms with E-state index < -0.39 is 11.9 Å². The van der Waals surface area contributed by atoms with Gasteiger partial charge in [-0.05, 0) is 19.8 Å². The molecule has 1 unspecified atom stereocenters. The van der Waals surface area contributed by atoms with Crippen molar-refractivity contribution in [3.05, 3.63) is 0 Å². The van der Waals surface area contributed by atoms with Crippen LogP contribution in [0.25, 0.3) is 0 Å². The Morgan fingerprint density at radius 2 is 1.78 bits per heavy atom. The van der Waals surface area contributed by atoms with Crippen LogP contribution in [0.1, 0.15) is 39.5 Å². The van der Waals surface area contributed by atoms with E-state index in [1.807, 2.05) is 11.8 Å². The van der Waals surface area contributed by atoms with Crippen molar-refractivity contribution < 1.29 is 14.7 Å². The second-order valence-electron chi connectivity index (χ2n) is 4.96. The predicted molar refractivity (Wildman–Crippen MR) is 69.5 cm³/mol. The zero-order valence-corrected chi connectivity index (χ0v) is 11.4. The third-order valence-electron chi connectivity index (χ3n) is 3.44. The normalized spacial score (nSPS) is 18.0. The molecule has 0 spiro atoms. The molecule has 0 aromatic heterocycles. The number of nitrogens with zero attached hydrogens (tertiary/aromatic N) is 2. The number of likely N-dealkylation sites (tertiary alicyclic amines) is 1. The van der Waals surface area contributed by atoms with Gasteiger partial charge in [0, 0.05) is 26.2 Å². The van der Waals surface area contributed by atoms with Gasteiger partial charge in [-0.25, -0.2) is 4.79 Å². The van der Waals surface area contributed by atoms with Crippen LogP contribution < -0.4 is 0 Å². The highest BCUT2D eigenvalue weighted by Crippen LogP contribution is 2.12. The zero-order chi connectivity index (χ0) is 13.5. The highest BCUT2D eigenvalue weighted by atomic mass is 16.4. The second-order valence-corrected chi connectivity index (χ2v) is 4.96. The van der Waals surface area contributed by atoms with Gasteiger partial charge in [-0.2, -0.15) is 0 Å². The molecule has 1 N–H and O–H groups in total. The van der Waals surface area contributed by atoms with Crippen molar-refractivity contribution in [1.82, 2.24) is 9.80 Å². The summed E-state index contributed by atoms with van der Waals surface area (Å²) in [7, 11) is 0. The fraction of sp³-hybridized carbons (Fsp3) is 0.846. The van der Waals surface area contributed by atoms with Crippen molar-refractivity contribution in [3.63, 3.8) is 0 Å². The molecule has 1 aliphatic rings. The van der Waals surface area contributed by atoms with E-state index in [0.29, 0.717) is 13.1 Å². The van der Waals surface area contributed by atoms with Crippen LogP contribution in [0.2, 0.25) is 0 Å². The lowest BCUT2D eigenvalue weighted by molar-refractivity contribution is -0.141. The Hall–Kier alpha value is -1.26. The van der Waals surface area contributed by atoms with Crippen LogP contribution in [-0.4, -0.2) is 53.1 Å². The third-order valence-corrected chi connectivity index (χ3v) is 3.44. The lowest BCUT2D eigenvalue weighted by Gasteiger charge is -2.30. The molecule has 1 fully saturated rings. The Kier molecular flexibility index (Phi) is 5.95. The summed E-state index contributed by atoms with van der Waals surface area (Å²) < 4.78 is 0. The molecule has 18 heavy (non-hydrogen) atoms. The summed E-state index contributed by atoms with van der Waals surface area (Å²) in [5.41, 5.74) is 0. The SMILES string of the molecule is CCN(CC(C)C(=O)O)C(=O)N1CCCCCC1. The van der Waals surface area contributed by atoms with E-state index in [0.717, 1.165) is 25.9 Å². The number of aliphatic carboxylic acids is 1. The molecule has 1 rings (SSSR count). The number of carbonyl (C=O) groups is 2. The fourth-order valence-corrected chi connectivity index (χ4v) is 2.21. The molecule has 5 nitrogen and oxygen atoms in total. The Morgan fingerprint density at radius 1 is 1.22 bits per heavy atom. The molecule has 0 radical (unpaired) electrons. The Bertz CT molecular complexity index is 286. The number of urea groups is 1. The summed E-state index contributed by atoms with van der Waals surface area (Å²) in [6.45, 7) is 5.99. The van der Waals surface area contributed by atoms with Crippen molar-refractivity contribution in [2.45, 2.75) is 39.5 Å². The molecule has 1 aliphatic heterocycles. The van der Waals surface area contributed by atoms with E-state index >= 15 is 0 Å². The van der Waals surface area contributed by atoms with E-state index in [1.165, 1.54) is 12.8 Å². The predicted octanol–water partition coefficient (Wildman–Crippen LogP) is 2.02. The average Bonchev–Trinajstić information content (AvgIpc) is 2.63. The molecule has 1 saturated heterocycles. The molecule has 2 amide bonds. The zero-order valence-electron chi connectivity index (χ0n) is 11.4. The molecule has 0 saturated carbocycles. The standard InChI is InChI=1S/C13H24N2O3/c1-3-14(10-11(2)12(16)17)13(18)15-8-6-4-5-7-9-15/h11H,3-10H2,1-2H3,(H,16,17). The molecule has 0 aromatic carbocycles. The van der Waals surface area contributed by atoms with Gasteiger partial charge in [-0.15, -0.1) is 0 Å². The maximum Gasteiger partial charge on any atom is 0.320 e. The highest BCUT2D eigenvalue weighted by Gasteiger charge is 2.24. The summed E-state index contributed by atoms with van der Waals surface area (Å²) in [5, 5.41) is 8.91. The van der Waals surface area contributed by atoms with Crippen molar-refractivity contribution >= 4 is 12.0 Å². The molecular weight excluding hydrogens is 232 g/mol. The van der Waals surface area contributed by atoms with Crippen LogP contribution in [0, 0.1) is 5.92 Å². The second kappa shape index (κ2) is 7.24. The van der Waals surface area contributed by atoms with Gasteiger partial charge in [0.2, 0.25) is 0 Å². The number of carbonyl (C=O) groups excluding carboxylic acids is 1. The van der Waals surface area contributed by atoms with Crippen LogP contribution in [0.3, 0.4) is 0 Å². The minimum absolute atomic E-state index is 0.00694. The van der Waals surface area contributed by atoms with Gasteiger partial charge >= 0.3 is 12.0 Å². The average molecular weight is 256 g/mol. The van der Waals surface area contributed by atoms with Crippen molar-refractivity contribution in [2.75, 3.05) is 26.2 Å². The third kappa shape index (κ3) is 4.20. The molecule has 1 heterocycles. The number of hydrogen-bond acceptors (Lipinski definition) is 2. The van der Waals surface area contributed by atoms with E-state index in [-0.39, 0.29) is 6.03 Å². The van der Waals surface area contributed by atoms with Gasteiger partial charge in [0.05, 0.1) is 5.92 Å². The molecule has 104 valence electrons. The van der Waals surface area contributed by atoms with Crippen LogP contribution in [0.15, 0.2) is 0 Å². The quantitative estimate of drug-likeness (QED) is 0.837. The van der Waals surface area contributed by atoms with E-state index in [1.54, 1.807) is 11.8 Å². The first-order valence-electron chi connectivity index (χ1n) is 6.83. The highest BCUT2D eigenvalue weighted by molar-refractivity contribution is 5.76. The number of rotatable bonds is 4. The summed E-state index contributed by atoms with van der Waals surface area (Å²) >= 11 is 0. The summed E-state index contributed by atoms with van der Waals surface area (Å²) in [6, 6.07) is -0.00694. The van der Waals surface area contributed by atoms with Crippen LogP contribution in [0.4, 0.5) is 4.79 Å². The molecule has 0 aromatic rings. The van der Waals surface area contributed by atoms with E-state index in [4.69, 9.17) is 5.11 Å². The Morgan fingerprint density at radius 3 is 2.22 bits per heavy atom. The Balaban J connectivity index is 2.57. The van der Waals surface area contributed by atoms with Gasteiger partial charge in [0.1, 0.15) is 0 Å². The number of carboxylic acid groups (broad SMARTS) is 1. The van der Waals surface area contributed by atoms with Crippen LogP contribution in [-0.2, 0) is 4.79 Å². The smallest absolute Gasteiger partial charge is 0.320 e. The van der Waals surface area contributed by atoms with E-state index in [9.17, 15) is 9.59 Å². The maximum atomic E-state index is 12.3. The molecular formula is C13H24N2O3. The molecule has 0 bridgehead atoms. The number of hydrogen-bond donors (Lipinski definition) is 1. The van der Waals surface area contributed by atoms with Crippen molar-refractivity contribution in [1.29, 1.82) is 0 Å². The van der Waals surface area contributed by atoms with Gasteiger partial charge in [-0.3, -0.25) is 4.79 Å². The lowest BCUT2D eigenvalue weighted by atomic mass is 10.2. The topological polar surface area (TPSA) is 60.9 Å². The first kappa shape index (κ1) is 14.8. The molecule has 1 atom stereocenters. The van der Waals surface area contributed by atoms with Gasteiger partial charge in [0.15, 0.2) is 0 Å². The first-order valence-corrected chi connectivity index (χ1v) is 6.83. The van der Waals surface area contributed by atoms with E-state index in [2.05, 4.69) is 0 Å². The monoisotopic (exact) mass is 256 g/mol. The number of carboxylic acids is 1. The van der Waals surface area contributed by atoms with Crippen molar-refractivity contribution in [2.24, 2.45) is 5.92 Å². The first-order chi connectivity index (χ1) is 8.56. The fourth-order valence-electron chi connectivity index (χ4n) is 2.21. The Labute approximate surface area is 109 Å². The largest absolute Gasteiger partial charge is 0.481 e. The molecule has 0 aliphatic carbocycles. The maximum absolute atomic E-state index is 12.3. The molecule has 5 heteroatoms. The van der Waals surface area contributed by atoms with Crippen molar-refractivity contribution in [3.8, 4) is 0 Å². The van der Waals surface area contributed by atoms with Crippen LogP contribution in [0.5, 0.6) is 0 Å². The minimum atomic E-state index is -0.850. The lowest BCUT2D eigenvalue weighted by Crippen LogP contribution is -2.46.